The van der Waals surface area contributed by atoms with E-state index in [0.29, 0.717) is 6.54 Å². The van der Waals surface area contributed by atoms with Gasteiger partial charge in [0.1, 0.15) is 5.75 Å². The highest BCUT2D eigenvalue weighted by Crippen LogP contribution is 2.44. The maximum atomic E-state index is 12.4. The van der Waals surface area contributed by atoms with E-state index in [1.54, 1.807) is 7.11 Å². The lowest BCUT2D eigenvalue weighted by Gasteiger charge is -2.33. The number of carbonyl (C=O) groups is 1. The number of carbonyl (C=O) groups excluding carboxylic acids is 1. The van der Waals surface area contributed by atoms with Gasteiger partial charge in [0.2, 0.25) is 5.91 Å². The van der Waals surface area contributed by atoms with Crippen LogP contribution in [0.15, 0.2) is 24.3 Å². The zero-order chi connectivity index (χ0) is 16.2. The van der Waals surface area contributed by atoms with Crippen molar-refractivity contribution < 1.29 is 9.53 Å². The molecule has 122 valence electrons. The first-order chi connectivity index (χ1) is 10.4. The molecule has 3 heteroatoms. The van der Waals surface area contributed by atoms with E-state index in [2.05, 4.69) is 24.4 Å². The van der Waals surface area contributed by atoms with Crippen LogP contribution in [0.1, 0.15) is 58.4 Å². The summed E-state index contributed by atoms with van der Waals surface area (Å²) in [7, 11) is 1.72. The highest BCUT2D eigenvalue weighted by atomic mass is 16.5. The highest BCUT2D eigenvalue weighted by molar-refractivity contribution is 5.81. The van der Waals surface area contributed by atoms with Gasteiger partial charge in [-0.05, 0) is 25.3 Å². The minimum atomic E-state index is -0.305. The van der Waals surface area contributed by atoms with Crippen LogP contribution in [0.2, 0.25) is 0 Å². The van der Waals surface area contributed by atoms with Crippen LogP contribution in [0.25, 0.3) is 0 Å². The molecular weight excluding hydrogens is 274 g/mol. The number of rotatable bonds is 6. The van der Waals surface area contributed by atoms with Crippen molar-refractivity contribution in [3.8, 4) is 5.75 Å². The van der Waals surface area contributed by atoms with Gasteiger partial charge >= 0.3 is 0 Å². The molecule has 0 atom stereocenters. The Balaban J connectivity index is 2.21. The third kappa shape index (κ3) is 3.29. The molecule has 0 saturated heterocycles. The van der Waals surface area contributed by atoms with Gasteiger partial charge in [0, 0.05) is 22.9 Å². The van der Waals surface area contributed by atoms with Crippen LogP contribution in [0.4, 0.5) is 0 Å². The monoisotopic (exact) mass is 303 g/mol. The molecule has 1 saturated carbocycles. The van der Waals surface area contributed by atoms with Gasteiger partial charge < -0.3 is 10.1 Å². The fourth-order valence-corrected chi connectivity index (χ4v) is 3.33. The summed E-state index contributed by atoms with van der Waals surface area (Å²) in [5.41, 5.74) is 0.955. The molecule has 0 heterocycles. The van der Waals surface area contributed by atoms with Crippen molar-refractivity contribution in [3.05, 3.63) is 29.8 Å². The van der Waals surface area contributed by atoms with E-state index < -0.39 is 0 Å². The maximum absolute atomic E-state index is 12.4. The van der Waals surface area contributed by atoms with E-state index in [4.69, 9.17) is 4.74 Å². The topological polar surface area (TPSA) is 38.3 Å². The Kier molecular flexibility index (Phi) is 5.15. The van der Waals surface area contributed by atoms with Crippen LogP contribution in [0, 0.1) is 5.41 Å². The van der Waals surface area contributed by atoms with E-state index in [0.717, 1.165) is 25.0 Å². The number of hydrogen-bond donors (Lipinski definition) is 1. The minimum Gasteiger partial charge on any atom is -0.496 e. The lowest BCUT2D eigenvalue weighted by Crippen LogP contribution is -2.44. The predicted octanol–water partition coefficient (Wildman–Crippen LogP) is 4.06. The number of nitrogens with one attached hydrogen (secondary N) is 1. The molecular formula is C19H29NO2. The third-order valence-electron chi connectivity index (χ3n) is 5.32. The van der Waals surface area contributed by atoms with Crippen molar-refractivity contribution >= 4 is 5.91 Å². The summed E-state index contributed by atoms with van der Waals surface area (Å²) in [6, 6.07) is 8.24. The second-order valence-electron chi connectivity index (χ2n) is 7.11. The van der Waals surface area contributed by atoms with Crippen LogP contribution in [-0.2, 0) is 10.2 Å². The number of para-hydroxylation sites is 1. The molecule has 1 aromatic rings. The van der Waals surface area contributed by atoms with Gasteiger partial charge in [-0.1, -0.05) is 51.8 Å². The first-order valence-corrected chi connectivity index (χ1v) is 8.37. The molecule has 1 aromatic carbocycles. The number of methoxy groups -OCH3 is 1. The summed E-state index contributed by atoms with van der Waals surface area (Å²) >= 11 is 0. The fourth-order valence-electron chi connectivity index (χ4n) is 3.33. The summed E-state index contributed by atoms with van der Waals surface area (Å²) in [6.45, 7) is 6.78. The Labute approximate surface area is 134 Å². The largest absolute Gasteiger partial charge is 0.496 e. The molecule has 1 N–H and O–H groups in total. The van der Waals surface area contributed by atoms with Crippen molar-refractivity contribution in [2.24, 2.45) is 5.41 Å². The first kappa shape index (κ1) is 16.9. The van der Waals surface area contributed by atoms with Crippen molar-refractivity contribution in [3.63, 3.8) is 0 Å². The van der Waals surface area contributed by atoms with Crippen LogP contribution < -0.4 is 10.1 Å². The molecule has 0 spiro atoms. The molecule has 22 heavy (non-hydrogen) atoms. The van der Waals surface area contributed by atoms with Crippen molar-refractivity contribution in [2.75, 3.05) is 13.7 Å². The van der Waals surface area contributed by atoms with Crippen molar-refractivity contribution in [1.29, 1.82) is 0 Å². The molecule has 1 amide bonds. The molecule has 0 aliphatic heterocycles. The molecule has 1 aliphatic carbocycles. The predicted molar refractivity (Wildman–Crippen MR) is 90.2 cm³/mol. The van der Waals surface area contributed by atoms with E-state index in [1.807, 2.05) is 26.0 Å². The second kappa shape index (κ2) is 6.72. The first-order valence-electron chi connectivity index (χ1n) is 8.37. The number of amides is 1. The zero-order valence-electron chi connectivity index (χ0n) is 14.4. The lowest BCUT2D eigenvalue weighted by atomic mass is 9.77. The smallest absolute Gasteiger partial charge is 0.225 e. The van der Waals surface area contributed by atoms with Crippen LogP contribution in [0.3, 0.4) is 0 Å². The van der Waals surface area contributed by atoms with Gasteiger partial charge in [-0.15, -0.1) is 0 Å². The maximum Gasteiger partial charge on any atom is 0.225 e. The molecule has 0 bridgehead atoms. The Bertz CT molecular complexity index is 516. The standard InChI is InChI=1S/C19H29NO2/c1-5-18(2,3)17(21)20-14-19(12-8-9-13-19)15-10-6-7-11-16(15)22-4/h6-7,10-11H,5,8-9,12-14H2,1-4H3,(H,20,21). The van der Waals surface area contributed by atoms with Crippen molar-refractivity contribution in [1.82, 2.24) is 5.32 Å². The van der Waals surface area contributed by atoms with Crippen LogP contribution in [0.5, 0.6) is 5.75 Å². The molecule has 2 rings (SSSR count). The van der Waals surface area contributed by atoms with Gasteiger partial charge in [0.05, 0.1) is 7.11 Å². The Morgan fingerprint density at radius 1 is 1.27 bits per heavy atom. The van der Waals surface area contributed by atoms with Crippen LogP contribution in [-0.4, -0.2) is 19.6 Å². The quantitative estimate of drug-likeness (QED) is 0.860. The molecule has 0 aromatic heterocycles. The average molecular weight is 303 g/mol. The summed E-state index contributed by atoms with van der Waals surface area (Å²) in [4.78, 5) is 12.4. The van der Waals surface area contributed by atoms with E-state index in [-0.39, 0.29) is 16.7 Å². The SMILES string of the molecule is CCC(C)(C)C(=O)NCC1(c2ccccc2OC)CCCC1. The Morgan fingerprint density at radius 3 is 2.50 bits per heavy atom. The molecule has 3 nitrogen and oxygen atoms in total. The number of benzene rings is 1. The van der Waals surface area contributed by atoms with Gasteiger partial charge in [0.25, 0.3) is 0 Å². The van der Waals surface area contributed by atoms with Crippen LogP contribution >= 0.6 is 0 Å². The number of hydrogen-bond acceptors (Lipinski definition) is 2. The minimum absolute atomic E-state index is 0.0199. The van der Waals surface area contributed by atoms with Gasteiger partial charge in [0.15, 0.2) is 0 Å². The molecule has 0 unspecified atom stereocenters. The Morgan fingerprint density at radius 2 is 1.91 bits per heavy atom. The number of ether oxygens (including phenoxy) is 1. The molecule has 1 aliphatic rings. The van der Waals surface area contributed by atoms with Gasteiger partial charge in [-0.25, -0.2) is 0 Å². The normalized spacial score (nSPS) is 17.3. The van der Waals surface area contributed by atoms with E-state index >= 15 is 0 Å². The highest BCUT2D eigenvalue weighted by Gasteiger charge is 2.39. The van der Waals surface area contributed by atoms with Gasteiger partial charge in [-0.3, -0.25) is 4.79 Å². The average Bonchev–Trinajstić information content (AvgIpc) is 3.02. The third-order valence-corrected chi connectivity index (χ3v) is 5.32. The summed E-state index contributed by atoms with van der Waals surface area (Å²) in [5.74, 6) is 1.09. The Hall–Kier alpha value is -1.51. The van der Waals surface area contributed by atoms with E-state index in [1.165, 1.54) is 18.4 Å². The molecule has 1 fully saturated rings. The second-order valence-corrected chi connectivity index (χ2v) is 7.11. The summed E-state index contributed by atoms with van der Waals surface area (Å²) < 4.78 is 5.57. The fraction of sp³-hybridized carbons (Fsp3) is 0.632. The van der Waals surface area contributed by atoms with E-state index in [9.17, 15) is 4.79 Å². The zero-order valence-corrected chi connectivity index (χ0v) is 14.4. The lowest BCUT2D eigenvalue weighted by molar-refractivity contribution is -0.129. The van der Waals surface area contributed by atoms with Crippen molar-refractivity contribution in [2.45, 2.75) is 58.3 Å². The molecule has 0 radical (unpaired) electrons. The van der Waals surface area contributed by atoms with Gasteiger partial charge in [-0.2, -0.15) is 0 Å². The summed E-state index contributed by atoms with van der Waals surface area (Å²) in [6.07, 6.45) is 5.50. The summed E-state index contributed by atoms with van der Waals surface area (Å²) in [5, 5.41) is 3.21.